The number of carboxylic acids is 1. The number of nitrogens with zero attached hydrogens (tertiary/aromatic N) is 1. The number of carboxylic acid groups (broad SMARTS) is 1. The highest BCUT2D eigenvalue weighted by atomic mass is 16.6. The minimum Gasteiger partial charge on any atom is -0.481 e. The highest BCUT2D eigenvalue weighted by Crippen LogP contribution is 2.12. The first-order valence-corrected chi connectivity index (χ1v) is 3.73. The average molecular weight is 173 g/mol. The van der Waals surface area contributed by atoms with Gasteiger partial charge >= 0.3 is 12.1 Å². The van der Waals surface area contributed by atoms with Crippen molar-refractivity contribution >= 4 is 12.1 Å². The lowest BCUT2D eigenvalue weighted by Crippen LogP contribution is -2.40. The van der Waals surface area contributed by atoms with Gasteiger partial charge < -0.3 is 14.7 Å². The van der Waals surface area contributed by atoms with Crippen molar-refractivity contribution < 1.29 is 19.4 Å². The predicted molar refractivity (Wildman–Crippen MR) is 39.8 cm³/mol. The third kappa shape index (κ3) is 2.11. The molecule has 1 heterocycles. The zero-order valence-electron chi connectivity index (χ0n) is 6.82. The van der Waals surface area contributed by atoms with Crippen LogP contribution < -0.4 is 0 Å². The number of carbonyl (C=O) groups excluding carboxylic acids is 1. The van der Waals surface area contributed by atoms with Crippen LogP contribution in [0.5, 0.6) is 0 Å². The van der Waals surface area contributed by atoms with Gasteiger partial charge in [0.05, 0.1) is 6.42 Å². The van der Waals surface area contributed by atoms with E-state index >= 15 is 0 Å². The Bertz CT molecular complexity index is 204. The fraction of sp³-hybridized carbons (Fsp3) is 0.714. The molecule has 1 saturated heterocycles. The Kier molecular flexibility index (Phi) is 2.52. The molecular formula is C7H11NO4. The van der Waals surface area contributed by atoms with E-state index in [1.807, 2.05) is 0 Å². The number of hydrogen-bond donors (Lipinski definition) is 1. The summed E-state index contributed by atoms with van der Waals surface area (Å²) in [6.45, 7) is 0.566. The maximum absolute atomic E-state index is 10.9. The summed E-state index contributed by atoms with van der Waals surface area (Å²) in [5.74, 6) is -0.933. The summed E-state index contributed by atoms with van der Waals surface area (Å²) in [6, 6.07) is 0. The Morgan fingerprint density at radius 2 is 2.50 bits per heavy atom. The maximum Gasteiger partial charge on any atom is 0.409 e. The van der Waals surface area contributed by atoms with E-state index in [0.717, 1.165) is 0 Å². The van der Waals surface area contributed by atoms with Gasteiger partial charge in [0.2, 0.25) is 0 Å². The van der Waals surface area contributed by atoms with Gasteiger partial charge in [0.15, 0.2) is 0 Å². The lowest BCUT2D eigenvalue weighted by molar-refractivity contribution is -0.139. The number of rotatable bonds is 2. The van der Waals surface area contributed by atoms with Crippen LogP contribution in [0.3, 0.4) is 0 Å². The second-order valence-corrected chi connectivity index (χ2v) is 2.81. The van der Waals surface area contributed by atoms with E-state index in [0.29, 0.717) is 13.0 Å². The highest BCUT2D eigenvalue weighted by molar-refractivity contribution is 5.71. The smallest absolute Gasteiger partial charge is 0.409 e. The zero-order chi connectivity index (χ0) is 9.14. The van der Waals surface area contributed by atoms with Gasteiger partial charge in [-0.05, 0) is 0 Å². The molecule has 1 unspecified atom stereocenters. The monoisotopic (exact) mass is 173 g/mol. The molecule has 0 saturated carbocycles. The Hall–Kier alpha value is -1.26. The van der Waals surface area contributed by atoms with E-state index < -0.39 is 18.2 Å². The number of cyclic esters (lactones) is 1. The Morgan fingerprint density at radius 1 is 1.83 bits per heavy atom. The van der Waals surface area contributed by atoms with Crippen LogP contribution in [0, 0.1) is 0 Å². The van der Waals surface area contributed by atoms with Crippen LogP contribution in [-0.4, -0.2) is 41.8 Å². The van der Waals surface area contributed by atoms with Gasteiger partial charge in [0.25, 0.3) is 0 Å². The highest BCUT2D eigenvalue weighted by Gasteiger charge is 2.25. The van der Waals surface area contributed by atoms with Crippen LogP contribution in [0.4, 0.5) is 4.79 Å². The third-order valence-electron chi connectivity index (χ3n) is 1.77. The van der Waals surface area contributed by atoms with Crippen molar-refractivity contribution in [2.75, 3.05) is 13.6 Å². The van der Waals surface area contributed by atoms with Crippen molar-refractivity contribution in [1.82, 2.24) is 4.90 Å². The summed E-state index contributed by atoms with van der Waals surface area (Å²) in [4.78, 5) is 22.6. The van der Waals surface area contributed by atoms with E-state index in [-0.39, 0.29) is 6.42 Å². The fourth-order valence-corrected chi connectivity index (χ4v) is 1.06. The van der Waals surface area contributed by atoms with Crippen LogP contribution in [0.1, 0.15) is 12.8 Å². The van der Waals surface area contributed by atoms with E-state index in [2.05, 4.69) is 0 Å². The Labute approximate surface area is 69.9 Å². The maximum atomic E-state index is 10.9. The summed E-state index contributed by atoms with van der Waals surface area (Å²) in [5.41, 5.74) is 0. The van der Waals surface area contributed by atoms with Gasteiger partial charge in [-0.15, -0.1) is 0 Å². The van der Waals surface area contributed by atoms with Crippen LogP contribution in [0.2, 0.25) is 0 Å². The van der Waals surface area contributed by atoms with E-state index in [1.165, 1.54) is 4.90 Å². The number of aliphatic carboxylic acids is 1. The molecule has 68 valence electrons. The molecular weight excluding hydrogens is 162 g/mol. The summed E-state index contributed by atoms with van der Waals surface area (Å²) in [5, 5.41) is 8.41. The van der Waals surface area contributed by atoms with E-state index in [9.17, 15) is 9.59 Å². The van der Waals surface area contributed by atoms with Crippen molar-refractivity contribution in [3.05, 3.63) is 0 Å². The number of hydrogen-bond acceptors (Lipinski definition) is 3. The predicted octanol–water partition coefficient (Wildman–Crippen LogP) is 0.302. The molecule has 0 aromatic heterocycles. The van der Waals surface area contributed by atoms with Gasteiger partial charge in [-0.25, -0.2) is 4.79 Å². The lowest BCUT2D eigenvalue weighted by Gasteiger charge is -2.27. The molecule has 1 fully saturated rings. The molecule has 0 aromatic carbocycles. The van der Waals surface area contributed by atoms with Crippen molar-refractivity contribution in [1.29, 1.82) is 0 Å². The first-order valence-electron chi connectivity index (χ1n) is 3.73. The Morgan fingerprint density at radius 3 is 3.00 bits per heavy atom. The fourth-order valence-electron chi connectivity index (χ4n) is 1.06. The van der Waals surface area contributed by atoms with Crippen molar-refractivity contribution in [3.63, 3.8) is 0 Å². The van der Waals surface area contributed by atoms with E-state index in [4.69, 9.17) is 9.84 Å². The topological polar surface area (TPSA) is 66.8 Å². The lowest BCUT2D eigenvalue weighted by atomic mass is 10.1. The van der Waals surface area contributed by atoms with Crippen LogP contribution >= 0.6 is 0 Å². The number of amides is 1. The summed E-state index contributed by atoms with van der Waals surface area (Å²) in [7, 11) is 1.62. The first-order chi connectivity index (χ1) is 5.59. The van der Waals surface area contributed by atoms with Crippen LogP contribution in [0.15, 0.2) is 0 Å². The van der Waals surface area contributed by atoms with Gasteiger partial charge in [0, 0.05) is 20.0 Å². The second-order valence-electron chi connectivity index (χ2n) is 2.81. The minimum absolute atomic E-state index is 0.0976. The van der Waals surface area contributed by atoms with Crippen LogP contribution in [-0.2, 0) is 9.53 Å². The molecule has 1 aliphatic rings. The van der Waals surface area contributed by atoms with Crippen molar-refractivity contribution in [2.45, 2.75) is 18.9 Å². The normalized spacial score (nSPS) is 23.6. The third-order valence-corrected chi connectivity index (χ3v) is 1.77. The molecule has 0 bridgehead atoms. The van der Waals surface area contributed by atoms with E-state index in [1.54, 1.807) is 7.05 Å². The Balaban J connectivity index is 2.40. The van der Waals surface area contributed by atoms with Gasteiger partial charge in [-0.3, -0.25) is 4.79 Å². The molecule has 5 heteroatoms. The van der Waals surface area contributed by atoms with Crippen molar-refractivity contribution in [3.8, 4) is 0 Å². The second kappa shape index (κ2) is 3.42. The molecule has 1 atom stereocenters. The molecule has 1 amide bonds. The molecule has 0 aliphatic carbocycles. The zero-order valence-corrected chi connectivity index (χ0v) is 6.82. The van der Waals surface area contributed by atoms with Gasteiger partial charge in [-0.1, -0.05) is 0 Å². The summed E-state index contributed by atoms with van der Waals surface area (Å²) < 4.78 is 4.82. The molecule has 0 aromatic rings. The number of ether oxygens (including phenoxy) is 1. The van der Waals surface area contributed by atoms with Gasteiger partial charge in [-0.2, -0.15) is 0 Å². The standard InChI is InChI=1S/C7H11NO4/c1-8-3-2-5(4-6(9)10)12-7(8)11/h5H,2-4H2,1H3,(H,9,10). The molecule has 0 spiro atoms. The van der Waals surface area contributed by atoms with Crippen LogP contribution in [0.25, 0.3) is 0 Å². The minimum atomic E-state index is -0.933. The summed E-state index contributed by atoms with van der Waals surface area (Å²) >= 11 is 0. The largest absolute Gasteiger partial charge is 0.481 e. The molecule has 0 radical (unpaired) electrons. The van der Waals surface area contributed by atoms with Crippen molar-refractivity contribution in [2.24, 2.45) is 0 Å². The molecule has 5 nitrogen and oxygen atoms in total. The first kappa shape index (κ1) is 8.83. The number of carbonyl (C=O) groups is 2. The van der Waals surface area contributed by atoms with Gasteiger partial charge in [0.1, 0.15) is 6.10 Å². The quantitative estimate of drug-likeness (QED) is 0.652. The molecule has 12 heavy (non-hydrogen) atoms. The summed E-state index contributed by atoms with van der Waals surface area (Å²) in [6.07, 6.45) is -0.396. The SMILES string of the molecule is CN1CCC(CC(=O)O)OC1=O. The molecule has 1 rings (SSSR count). The molecule has 1 aliphatic heterocycles. The average Bonchev–Trinajstić information content (AvgIpc) is 1.96. The molecule has 1 N–H and O–H groups in total.